The zero-order valence-corrected chi connectivity index (χ0v) is 11.5. The number of carbonyl (C=O) groups excluding carboxylic acids is 3. The average Bonchev–Trinajstić information content (AvgIpc) is 2.42. The summed E-state index contributed by atoms with van der Waals surface area (Å²) in [5, 5.41) is 0. The first-order valence-electron chi connectivity index (χ1n) is 5.93. The Hall–Kier alpha value is -2.37. The van der Waals surface area contributed by atoms with Gasteiger partial charge in [-0.1, -0.05) is 30.3 Å². The van der Waals surface area contributed by atoms with Crippen LogP contribution >= 0.6 is 0 Å². The van der Waals surface area contributed by atoms with Crippen molar-refractivity contribution in [2.45, 2.75) is 26.1 Å². The summed E-state index contributed by atoms with van der Waals surface area (Å²) >= 11 is 0. The molecule has 0 unspecified atom stereocenters. The van der Waals surface area contributed by atoms with Gasteiger partial charge in [0, 0.05) is 13.8 Å². The van der Waals surface area contributed by atoms with Gasteiger partial charge in [0.15, 0.2) is 6.10 Å². The highest BCUT2D eigenvalue weighted by molar-refractivity contribution is 5.80. The molecule has 2 atom stereocenters. The molecule has 0 aliphatic carbocycles. The number of rotatable bonds is 5. The Balaban J connectivity index is 3.13. The lowest BCUT2D eigenvalue weighted by Crippen LogP contribution is -2.36. The lowest BCUT2D eigenvalue weighted by atomic mass is 10.0. The summed E-state index contributed by atoms with van der Waals surface area (Å²) in [5.74, 6) is -2.07. The first-order chi connectivity index (χ1) is 9.45. The lowest BCUT2D eigenvalue weighted by molar-refractivity contribution is -0.180. The molecule has 0 aliphatic heterocycles. The molecule has 0 aromatic heterocycles. The fourth-order valence-electron chi connectivity index (χ4n) is 1.65. The number of esters is 3. The summed E-state index contributed by atoms with van der Waals surface area (Å²) in [7, 11) is 1.16. The Bertz CT molecular complexity index is 482. The highest BCUT2D eigenvalue weighted by atomic mass is 16.6. The van der Waals surface area contributed by atoms with Gasteiger partial charge in [-0.25, -0.2) is 4.79 Å². The predicted molar refractivity (Wildman–Crippen MR) is 68.5 cm³/mol. The minimum atomic E-state index is -1.34. The van der Waals surface area contributed by atoms with E-state index in [1.807, 2.05) is 0 Å². The third-order valence-electron chi connectivity index (χ3n) is 2.42. The van der Waals surface area contributed by atoms with Crippen LogP contribution in [0, 0.1) is 0 Å². The summed E-state index contributed by atoms with van der Waals surface area (Å²) in [5.41, 5.74) is 0.527. The Morgan fingerprint density at radius 2 is 1.50 bits per heavy atom. The van der Waals surface area contributed by atoms with Crippen LogP contribution in [0.2, 0.25) is 0 Å². The molecule has 1 aromatic rings. The smallest absolute Gasteiger partial charge is 0.351 e. The van der Waals surface area contributed by atoms with Gasteiger partial charge in [0.1, 0.15) is 0 Å². The van der Waals surface area contributed by atoms with E-state index in [-0.39, 0.29) is 0 Å². The van der Waals surface area contributed by atoms with Crippen molar-refractivity contribution in [3.05, 3.63) is 35.9 Å². The zero-order chi connectivity index (χ0) is 15.1. The molecule has 20 heavy (non-hydrogen) atoms. The summed E-state index contributed by atoms with van der Waals surface area (Å²) in [4.78, 5) is 34.1. The molecule has 0 bridgehead atoms. The second kappa shape index (κ2) is 7.28. The molecule has 0 saturated heterocycles. The fraction of sp³-hybridized carbons (Fsp3) is 0.357. The van der Waals surface area contributed by atoms with E-state index in [0.717, 1.165) is 14.0 Å². The van der Waals surface area contributed by atoms with Crippen LogP contribution < -0.4 is 0 Å². The second-order valence-electron chi connectivity index (χ2n) is 3.99. The molecule has 0 aliphatic rings. The molecule has 1 aromatic carbocycles. The third-order valence-corrected chi connectivity index (χ3v) is 2.42. The van der Waals surface area contributed by atoms with Crippen LogP contribution in [0.25, 0.3) is 0 Å². The van der Waals surface area contributed by atoms with E-state index in [4.69, 9.17) is 9.47 Å². The number of methoxy groups -OCH3 is 1. The van der Waals surface area contributed by atoms with Crippen LogP contribution in [-0.4, -0.2) is 31.1 Å². The number of carbonyl (C=O) groups is 3. The van der Waals surface area contributed by atoms with Gasteiger partial charge in [0.2, 0.25) is 6.10 Å². The average molecular weight is 280 g/mol. The largest absolute Gasteiger partial charge is 0.466 e. The number of ether oxygens (including phenoxy) is 3. The van der Waals surface area contributed by atoms with Crippen molar-refractivity contribution in [1.29, 1.82) is 0 Å². The van der Waals surface area contributed by atoms with E-state index < -0.39 is 30.1 Å². The van der Waals surface area contributed by atoms with Gasteiger partial charge in [0.05, 0.1) is 7.11 Å². The van der Waals surface area contributed by atoms with Crippen molar-refractivity contribution in [2.75, 3.05) is 7.11 Å². The van der Waals surface area contributed by atoms with Crippen molar-refractivity contribution in [3.8, 4) is 0 Å². The SMILES string of the molecule is COC(=O)[C@@H](OC(C)=O)[C@H](OC(C)=O)c1ccccc1. The first kappa shape index (κ1) is 15.7. The Morgan fingerprint density at radius 1 is 0.950 bits per heavy atom. The van der Waals surface area contributed by atoms with Crippen LogP contribution in [0.1, 0.15) is 25.5 Å². The molecule has 0 fully saturated rings. The molecule has 0 amide bonds. The molecular formula is C14H16O6. The van der Waals surface area contributed by atoms with Crippen LogP contribution in [0.4, 0.5) is 0 Å². The van der Waals surface area contributed by atoms with E-state index in [9.17, 15) is 14.4 Å². The molecule has 6 heteroatoms. The predicted octanol–water partition coefficient (Wildman–Crippen LogP) is 1.40. The molecule has 108 valence electrons. The van der Waals surface area contributed by atoms with Gasteiger partial charge in [0.25, 0.3) is 0 Å². The molecule has 0 heterocycles. The topological polar surface area (TPSA) is 78.9 Å². The minimum absolute atomic E-state index is 0.527. The van der Waals surface area contributed by atoms with E-state index in [1.54, 1.807) is 30.3 Å². The van der Waals surface area contributed by atoms with Crippen molar-refractivity contribution in [1.82, 2.24) is 0 Å². The second-order valence-corrected chi connectivity index (χ2v) is 3.99. The summed E-state index contributed by atoms with van der Waals surface area (Å²) in [6.07, 6.45) is -2.39. The van der Waals surface area contributed by atoms with Gasteiger partial charge in [-0.3, -0.25) is 9.59 Å². The number of hydrogen-bond acceptors (Lipinski definition) is 6. The van der Waals surface area contributed by atoms with Crippen molar-refractivity contribution in [2.24, 2.45) is 0 Å². The van der Waals surface area contributed by atoms with E-state index in [0.29, 0.717) is 5.56 Å². The fourth-order valence-corrected chi connectivity index (χ4v) is 1.65. The normalized spacial score (nSPS) is 12.9. The maximum atomic E-state index is 11.8. The summed E-state index contributed by atoms with van der Waals surface area (Å²) in [6.45, 7) is 2.36. The Labute approximate surface area is 116 Å². The molecule has 0 radical (unpaired) electrons. The first-order valence-corrected chi connectivity index (χ1v) is 5.93. The standard InChI is InChI=1S/C14H16O6/c1-9(15)19-12(11-7-5-4-6-8-11)13(14(17)18-3)20-10(2)16/h4-8,12-13H,1-3H3/t12-,13+/m1/s1. The lowest BCUT2D eigenvalue weighted by Gasteiger charge is -2.24. The van der Waals surface area contributed by atoms with Crippen LogP contribution in [0.3, 0.4) is 0 Å². The maximum Gasteiger partial charge on any atom is 0.351 e. The minimum Gasteiger partial charge on any atom is -0.466 e. The zero-order valence-electron chi connectivity index (χ0n) is 11.5. The van der Waals surface area contributed by atoms with Crippen molar-refractivity contribution < 1.29 is 28.6 Å². The van der Waals surface area contributed by atoms with Gasteiger partial charge in [-0.15, -0.1) is 0 Å². The monoisotopic (exact) mass is 280 g/mol. The highest BCUT2D eigenvalue weighted by Crippen LogP contribution is 2.25. The van der Waals surface area contributed by atoms with Crippen molar-refractivity contribution >= 4 is 17.9 Å². The van der Waals surface area contributed by atoms with Crippen molar-refractivity contribution in [3.63, 3.8) is 0 Å². The summed E-state index contributed by atoms with van der Waals surface area (Å²) < 4.78 is 14.6. The Kier molecular flexibility index (Phi) is 5.71. The van der Waals surface area contributed by atoms with Gasteiger partial charge < -0.3 is 14.2 Å². The van der Waals surface area contributed by atoms with Gasteiger partial charge >= 0.3 is 17.9 Å². The number of hydrogen-bond donors (Lipinski definition) is 0. The molecule has 0 spiro atoms. The molecule has 1 rings (SSSR count). The molecule has 6 nitrogen and oxygen atoms in total. The molecule has 0 N–H and O–H groups in total. The molecule has 0 saturated carbocycles. The summed E-state index contributed by atoms with van der Waals surface area (Å²) in [6, 6.07) is 8.52. The van der Waals surface area contributed by atoms with E-state index in [1.165, 1.54) is 6.92 Å². The van der Waals surface area contributed by atoms with E-state index in [2.05, 4.69) is 4.74 Å². The van der Waals surface area contributed by atoms with Gasteiger partial charge in [-0.2, -0.15) is 0 Å². The van der Waals surface area contributed by atoms with Crippen LogP contribution in [0.5, 0.6) is 0 Å². The van der Waals surface area contributed by atoms with Gasteiger partial charge in [-0.05, 0) is 5.56 Å². The number of benzene rings is 1. The quantitative estimate of drug-likeness (QED) is 0.599. The van der Waals surface area contributed by atoms with E-state index >= 15 is 0 Å². The Morgan fingerprint density at radius 3 is 1.95 bits per heavy atom. The van der Waals surface area contributed by atoms with Crippen LogP contribution in [-0.2, 0) is 28.6 Å². The highest BCUT2D eigenvalue weighted by Gasteiger charge is 2.36. The maximum absolute atomic E-state index is 11.8. The molecular weight excluding hydrogens is 264 g/mol. The third kappa shape index (κ3) is 4.38. The van der Waals surface area contributed by atoms with Crippen LogP contribution in [0.15, 0.2) is 30.3 Å².